The van der Waals surface area contributed by atoms with Gasteiger partial charge in [0.25, 0.3) is 5.91 Å². The van der Waals surface area contributed by atoms with Gasteiger partial charge in [-0.15, -0.1) is 0 Å². The molecule has 0 aliphatic rings. The van der Waals surface area contributed by atoms with E-state index in [1.54, 1.807) is 44.2 Å². The van der Waals surface area contributed by atoms with Gasteiger partial charge < -0.3 is 10.1 Å². The first-order valence-corrected chi connectivity index (χ1v) is 10.9. The van der Waals surface area contributed by atoms with Crippen LogP contribution in [0.4, 0.5) is 0 Å². The van der Waals surface area contributed by atoms with Gasteiger partial charge in [0.1, 0.15) is 6.54 Å². The molecule has 0 radical (unpaired) electrons. The maximum atomic E-state index is 12.5. The van der Waals surface area contributed by atoms with Gasteiger partial charge in [0, 0.05) is 24.2 Å². The summed E-state index contributed by atoms with van der Waals surface area (Å²) in [7, 11) is -3.61. The van der Waals surface area contributed by atoms with Crippen molar-refractivity contribution in [3.05, 3.63) is 65.7 Å². The average molecular weight is 432 g/mol. The summed E-state index contributed by atoms with van der Waals surface area (Å²) >= 11 is 0. The molecule has 0 fully saturated rings. The fraction of sp³-hybridized carbons (Fsp3) is 0.286. The van der Waals surface area contributed by atoms with Crippen molar-refractivity contribution < 1.29 is 27.5 Å². The number of benzene rings is 2. The molecule has 0 aliphatic carbocycles. The number of Topliss-reactive ketones (excluding diaryl/α,β-unsaturated/α-hetero) is 1. The number of sulfonamides is 1. The van der Waals surface area contributed by atoms with Crippen molar-refractivity contribution in [2.24, 2.45) is 0 Å². The summed E-state index contributed by atoms with van der Waals surface area (Å²) in [6.45, 7) is 3.34. The highest BCUT2D eigenvalue weighted by Crippen LogP contribution is 2.16. The van der Waals surface area contributed by atoms with Crippen LogP contribution in [0.2, 0.25) is 0 Å². The Morgan fingerprint density at radius 1 is 0.900 bits per heavy atom. The Hall–Kier alpha value is -3.04. The summed E-state index contributed by atoms with van der Waals surface area (Å²) in [6.07, 6.45) is 0. The van der Waals surface area contributed by atoms with Gasteiger partial charge in [-0.2, -0.15) is 4.31 Å². The predicted molar refractivity (Wildman–Crippen MR) is 111 cm³/mol. The summed E-state index contributed by atoms with van der Waals surface area (Å²) in [4.78, 5) is 35.9. The van der Waals surface area contributed by atoms with Crippen molar-refractivity contribution in [1.82, 2.24) is 9.62 Å². The third-order valence-electron chi connectivity index (χ3n) is 4.31. The number of nitrogens with one attached hydrogen (secondary N) is 1. The van der Waals surface area contributed by atoms with Gasteiger partial charge in [-0.1, -0.05) is 44.2 Å². The smallest absolute Gasteiger partial charge is 0.325 e. The molecule has 160 valence electrons. The fourth-order valence-corrected chi connectivity index (χ4v) is 4.11. The van der Waals surface area contributed by atoms with E-state index in [2.05, 4.69) is 5.32 Å². The summed E-state index contributed by atoms with van der Waals surface area (Å²) in [6, 6.07) is 13.8. The zero-order valence-electron chi connectivity index (χ0n) is 16.8. The lowest BCUT2D eigenvalue weighted by Crippen LogP contribution is -2.32. The molecule has 9 heteroatoms. The van der Waals surface area contributed by atoms with E-state index in [4.69, 9.17) is 4.74 Å². The van der Waals surface area contributed by atoms with Crippen molar-refractivity contribution in [2.75, 3.05) is 26.2 Å². The molecule has 0 heterocycles. The van der Waals surface area contributed by atoms with Gasteiger partial charge in [-0.05, 0) is 24.3 Å². The first-order valence-electron chi connectivity index (χ1n) is 9.41. The number of hydrogen-bond acceptors (Lipinski definition) is 6. The summed E-state index contributed by atoms with van der Waals surface area (Å²) in [5.41, 5.74) is 0.621. The maximum absolute atomic E-state index is 12.5. The van der Waals surface area contributed by atoms with Gasteiger partial charge in [0.05, 0.1) is 4.90 Å². The largest absolute Gasteiger partial charge is 0.456 e. The van der Waals surface area contributed by atoms with Crippen LogP contribution in [0.15, 0.2) is 59.5 Å². The van der Waals surface area contributed by atoms with E-state index in [0.717, 1.165) is 0 Å². The SMILES string of the molecule is CCN(CC)S(=O)(=O)c1ccc(C(=O)NCC(=O)OCC(=O)c2ccccc2)cc1. The van der Waals surface area contributed by atoms with Crippen molar-refractivity contribution in [3.63, 3.8) is 0 Å². The molecule has 2 aromatic rings. The Morgan fingerprint density at radius 3 is 2.07 bits per heavy atom. The molecule has 0 aliphatic heterocycles. The zero-order valence-corrected chi connectivity index (χ0v) is 17.6. The number of carbonyl (C=O) groups excluding carboxylic acids is 3. The molecule has 0 unspecified atom stereocenters. The molecule has 0 spiro atoms. The average Bonchev–Trinajstić information content (AvgIpc) is 2.77. The van der Waals surface area contributed by atoms with Crippen molar-refractivity contribution in [2.45, 2.75) is 18.7 Å². The summed E-state index contributed by atoms with van der Waals surface area (Å²) in [5, 5.41) is 2.38. The molecular weight excluding hydrogens is 408 g/mol. The number of amides is 1. The van der Waals surface area contributed by atoms with Crippen LogP contribution in [0.3, 0.4) is 0 Å². The number of carbonyl (C=O) groups is 3. The van der Waals surface area contributed by atoms with E-state index in [0.29, 0.717) is 18.7 Å². The highest BCUT2D eigenvalue weighted by Gasteiger charge is 2.21. The van der Waals surface area contributed by atoms with Crippen LogP contribution in [-0.4, -0.2) is 56.6 Å². The molecular formula is C21H24N2O6S. The summed E-state index contributed by atoms with van der Waals surface area (Å²) < 4.78 is 31.1. The lowest BCUT2D eigenvalue weighted by molar-refractivity contribution is -0.141. The fourth-order valence-electron chi connectivity index (χ4n) is 2.65. The van der Waals surface area contributed by atoms with Gasteiger partial charge in [-0.3, -0.25) is 14.4 Å². The van der Waals surface area contributed by atoms with Gasteiger partial charge in [0.2, 0.25) is 10.0 Å². The van der Waals surface area contributed by atoms with E-state index in [-0.39, 0.29) is 16.2 Å². The zero-order chi connectivity index (χ0) is 22.1. The maximum Gasteiger partial charge on any atom is 0.325 e. The molecule has 1 N–H and O–H groups in total. The molecule has 0 aromatic heterocycles. The van der Waals surface area contributed by atoms with E-state index in [1.807, 2.05) is 0 Å². The number of ketones is 1. The van der Waals surface area contributed by atoms with Gasteiger partial charge >= 0.3 is 5.97 Å². The molecule has 30 heavy (non-hydrogen) atoms. The Balaban J connectivity index is 1.87. The third kappa shape index (κ3) is 5.98. The normalized spacial score (nSPS) is 11.2. The molecule has 1 amide bonds. The van der Waals surface area contributed by atoms with Crippen molar-refractivity contribution >= 4 is 27.7 Å². The van der Waals surface area contributed by atoms with Crippen LogP contribution in [-0.2, 0) is 19.6 Å². The number of ether oxygens (including phenoxy) is 1. The second kappa shape index (κ2) is 10.7. The molecule has 0 bridgehead atoms. The molecule has 8 nitrogen and oxygen atoms in total. The van der Waals surface area contributed by atoms with Gasteiger partial charge in [0.15, 0.2) is 12.4 Å². The van der Waals surface area contributed by atoms with Crippen LogP contribution in [0.1, 0.15) is 34.6 Å². The molecule has 0 atom stereocenters. The molecule has 0 saturated carbocycles. The lowest BCUT2D eigenvalue weighted by atomic mass is 10.1. The number of nitrogens with zero attached hydrogens (tertiary/aromatic N) is 1. The minimum atomic E-state index is -3.61. The predicted octanol–water partition coefficient (Wildman–Crippen LogP) is 1.87. The Bertz CT molecular complexity index is 984. The Morgan fingerprint density at radius 2 is 1.50 bits per heavy atom. The highest BCUT2D eigenvalue weighted by atomic mass is 32.2. The Kier molecular flexibility index (Phi) is 8.25. The second-order valence-electron chi connectivity index (χ2n) is 6.25. The first-order chi connectivity index (χ1) is 14.3. The van der Waals surface area contributed by atoms with Crippen LogP contribution < -0.4 is 5.32 Å². The van der Waals surface area contributed by atoms with E-state index in [9.17, 15) is 22.8 Å². The third-order valence-corrected chi connectivity index (χ3v) is 6.38. The minimum Gasteiger partial charge on any atom is -0.456 e. The van der Waals surface area contributed by atoms with Gasteiger partial charge in [-0.25, -0.2) is 8.42 Å². The molecule has 0 saturated heterocycles. The first kappa shape index (κ1) is 23.2. The van der Waals surface area contributed by atoms with Crippen LogP contribution >= 0.6 is 0 Å². The molecule has 2 rings (SSSR count). The van der Waals surface area contributed by atoms with Crippen LogP contribution in [0, 0.1) is 0 Å². The lowest BCUT2D eigenvalue weighted by Gasteiger charge is -2.18. The minimum absolute atomic E-state index is 0.0848. The van der Waals surface area contributed by atoms with Crippen molar-refractivity contribution in [1.29, 1.82) is 0 Å². The van der Waals surface area contributed by atoms with Crippen LogP contribution in [0.25, 0.3) is 0 Å². The monoisotopic (exact) mass is 432 g/mol. The topological polar surface area (TPSA) is 110 Å². The van der Waals surface area contributed by atoms with Crippen molar-refractivity contribution in [3.8, 4) is 0 Å². The molecule has 2 aromatic carbocycles. The van der Waals surface area contributed by atoms with E-state index >= 15 is 0 Å². The number of esters is 1. The Labute approximate surface area is 175 Å². The van der Waals surface area contributed by atoms with Crippen LogP contribution in [0.5, 0.6) is 0 Å². The summed E-state index contributed by atoms with van der Waals surface area (Å²) in [5.74, 6) is -1.67. The number of hydrogen-bond donors (Lipinski definition) is 1. The second-order valence-corrected chi connectivity index (χ2v) is 8.18. The van der Waals surface area contributed by atoms with E-state index < -0.39 is 35.1 Å². The highest BCUT2D eigenvalue weighted by molar-refractivity contribution is 7.89. The quantitative estimate of drug-likeness (QED) is 0.453. The number of rotatable bonds is 10. The van der Waals surface area contributed by atoms with E-state index in [1.165, 1.54) is 28.6 Å². The standard InChI is InChI=1S/C21H24N2O6S/c1-3-23(4-2)30(27,28)18-12-10-17(11-13-18)21(26)22-14-20(25)29-15-19(24)16-8-6-5-7-9-16/h5-13H,3-4,14-15H2,1-2H3,(H,22,26).